The van der Waals surface area contributed by atoms with Crippen LogP contribution in [0.15, 0.2) is 30.3 Å². The zero-order chi connectivity index (χ0) is 30.1. The Kier molecular flexibility index (Phi) is 29.4. The van der Waals surface area contributed by atoms with Crippen molar-refractivity contribution >= 4 is 22.1 Å². The molecule has 2 unspecified atom stereocenters. The van der Waals surface area contributed by atoms with Crippen LogP contribution in [0.2, 0.25) is 0 Å². The van der Waals surface area contributed by atoms with E-state index in [0.29, 0.717) is 0 Å². The summed E-state index contributed by atoms with van der Waals surface area (Å²) < 4.78 is 34.7. The minimum absolute atomic E-state index is 0. The molecular formula is C31H53KO8S. The molecule has 1 aromatic rings. The van der Waals surface area contributed by atoms with Gasteiger partial charge in [-0.25, -0.2) is 0 Å². The van der Waals surface area contributed by atoms with Gasteiger partial charge in [0.2, 0.25) is 0 Å². The molecule has 0 bridgehead atoms. The molecule has 0 aliphatic heterocycles. The van der Waals surface area contributed by atoms with Gasteiger partial charge in [-0.2, -0.15) is 8.42 Å². The van der Waals surface area contributed by atoms with Crippen LogP contribution in [0, 0.1) is 6.92 Å². The van der Waals surface area contributed by atoms with Crippen LogP contribution in [-0.4, -0.2) is 46.5 Å². The molecule has 0 radical (unpaired) electrons. The topological polar surface area (TPSA) is 138 Å². The monoisotopic (exact) mass is 624 g/mol. The molecule has 10 heteroatoms. The van der Waals surface area contributed by atoms with Crippen molar-refractivity contribution in [1.82, 2.24) is 0 Å². The van der Waals surface area contributed by atoms with Crippen molar-refractivity contribution in [2.24, 2.45) is 0 Å². The summed E-state index contributed by atoms with van der Waals surface area (Å²) in [6.45, 7) is 6.34. The van der Waals surface area contributed by atoms with Crippen LogP contribution in [0.4, 0.5) is 0 Å². The van der Waals surface area contributed by atoms with Crippen LogP contribution >= 0.6 is 0 Å². The maximum atomic E-state index is 10.2. The Labute approximate surface area is 291 Å². The molecule has 0 amide bonds. The average Bonchev–Trinajstić information content (AvgIpc) is 2.91. The number of aliphatic carboxylic acids is 2. The number of carboxylic acid groups (broad SMARTS) is 2. The third-order valence-corrected chi connectivity index (χ3v) is 7.83. The smallest absolute Gasteiger partial charge is 0.493 e. The van der Waals surface area contributed by atoms with Crippen LogP contribution < -0.4 is 56.1 Å². The van der Waals surface area contributed by atoms with Gasteiger partial charge in [0.05, 0.1) is 12.5 Å². The molecule has 41 heavy (non-hydrogen) atoms. The number of hydrogen-bond acceptors (Lipinski definition) is 5. The number of benzene rings is 1. The van der Waals surface area contributed by atoms with Gasteiger partial charge in [-0.3, -0.25) is 14.1 Å². The van der Waals surface area contributed by atoms with Crippen LogP contribution in [0.25, 0.3) is 0 Å². The fourth-order valence-corrected chi connectivity index (χ4v) is 4.96. The molecule has 0 aliphatic rings. The molecule has 232 valence electrons. The van der Waals surface area contributed by atoms with Crippen molar-refractivity contribution in [1.29, 1.82) is 0 Å². The fourth-order valence-electron chi connectivity index (χ4n) is 4.35. The van der Waals surface area contributed by atoms with E-state index in [4.69, 9.17) is 19.5 Å². The first-order valence-corrected chi connectivity index (χ1v) is 16.5. The Hall–Kier alpha value is -0.494. The van der Waals surface area contributed by atoms with E-state index in [1.807, 2.05) is 30.3 Å². The van der Waals surface area contributed by atoms with E-state index in [-0.39, 0.29) is 57.5 Å². The minimum Gasteiger partial charge on any atom is -0.493 e. The van der Waals surface area contributed by atoms with Gasteiger partial charge in [0.25, 0.3) is 10.1 Å². The molecule has 1 aromatic carbocycles. The third kappa shape index (κ3) is 26.8. The molecule has 3 N–H and O–H groups in total. The summed E-state index contributed by atoms with van der Waals surface area (Å²) in [5, 5.41) is 13.9. The van der Waals surface area contributed by atoms with Crippen LogP contribution in [0.5, 0.6) is 5.75 Å². The van der Waals surface area contributed by atoms with E-state index in [0.717, 1.165) is 18.6 Å². The molecule has 8 nitrogen and oxygen atoms in total. The molecule has 0 aromatic heterocycles. The first-order valence-electron chi connectivity index (χ1n) is 15.0. The summed E-state index contributed by atoms with van der Waals surface area (Å²) in [4.78, 5) is 20.0. The van der Waals surface area contributed by atoms with Gasteiger partial charge in [0, 0.05) is 0 Å². The second-order valence-corrected chi connectivity index (χ2v) is 12.0. The summed E-state index contributed by atoms with van der Waals surface area (Å²) in [6, 6.07) is 10.2. The summed E-state index contributed by atoms with van der Waals surface area (Å²) in [5.41, 5.74) is 0. The van der Waals surface area contributed by atoms with E-state index < -0.39 is 33.7 Å². The molecular weight excluding hydrogens is 571 g/mol. The molecule has 0 saturated heterocycles. The van der Waals surface area contributed by atoms with E-state index in [1.165, 1.54) is 103 Å². The predicted octanol–water partition coefficient (Wildman–Crippen LogP) is 5.12. The van der Waals surface area contributed by atoms with Crippen molar-refractivity contribution < 1.29 is 88.9 Å². The Balaban J connectivity index is 0. The molecule has 1 rings (SSSR count). The average molecular weight is 625 g/mol. The number of rotatable bonds is 24. The van der Waals surface area contributed by atoms with Gasteiger partial charge in [-0.05, 0) is 25.0 Å². The third-order valence-electron chi connectivity index (χ3n) is 6.74. The summed E-state index contributed by atoms with van der Waals surface area (Å²) in [5.74, 6) is -2.52. The number of ether oxygens (including phenoxy) is 1. The quantitative estimate of drug-likeness (QED) is 0.0624. The zero-order valence-electron chi connectivity index (χ0n) is 25.5. The Bertz CT molecular complexity index is 864. The zero-order valence-corrected chi connectivity index (χ0v) is 29.4. The van der Waals surface area contributed by atoms with Crippen molar-refractivity contribution in [3.63, 3.8) is 0 Å². The normalized spacial score (nSPS) is 12.4. The minimum atomic E-state index is -4.84. The molecule has 0 fully saturated rings. The predicted molar refractivity (Wildman–Crippen MR) is 160 cm³/mol. The van der Waals surface area contributed by atoms with Crippen molar-refractivity contribution in [3.05, 3.63) is 37.3 Å². The van der Waals surface area contributed by atoms with Gasteiger partial charge >= 0.3 is 63.3 Å². The molecule has 0 saturated carbocycles. The van der Waals surface area contributed by atoms with Crippen molar-refractivity contribution in [3.8, 4) is 5.75 Å². The van der Waals surface area contributed by atoms with Gasteiger partial charge in [-0.1, -0.05) is 121 Å². The second kappa shape index (κ2) is 28.3. The Morgan fingerprint density at radius 3 is 1.51 bits per heavy atom. The van der Waals surface area contributed by atoms with E-state index in [1.54, 1.807) is 0 Å². The largest absolute Gasteiger partial charge is 1.00 e. The van der Waals surface area contributed by atoms with E-state index in [9.17, 15) is 18.0 Å². The summed E-state index contributed by atoms with van der Waals surface area (Å²) in [6.07, 6.45) is 23.8. The first kappa shape index (κ1) is 42.6. The number of hydrogen-bond donors (Lipinski definition) is 3. The number of carbonyl (C=O) groups is 2. The second-order valence-electron chi connectivity index (χ2n) is 10.4. The van der Waals surface area contributed by atoms with Crippen LogP contribution in [-0.2, 0) is 19.7 Å². The number of unbranched alkanes of at least 4 members (excludes halogenated alkanes) is 15. The van der Waals surface area contributed by atoms with E-state index >= 15 is 0 Å². The summed E-state index contributed by atoms with van der Waals surface area (Å²) in [7, 11) is -4.84. The van der Waals surface area contributed by atoms with Crippen molar-refractivity contribution in [2.75, 3.05) is 0 Å². The van der Waals surface area contributed by atoms with Crippen molar-refractivity contribution in [2.45, 2.75) is 140 Å². The van der Waals surface area contributed by atoms with Gasteiger partial charge in [0.1, 0.15) is 5.75 Å². The standard InChI is InChI=1S/C27H47O.C4H6O7S.K/c1-3-5-6-7-8-9-10-11-12-13-14-15-16-17-18-20-23-26(4-2)28-27-24-21-19-22-25-27;5-3(6)1-2(4(7)8)12(9,10)11;/h19,21-22,24-26H,2-18,20,23H2,1H3;2H,1H2,(H,5,6)(H,7,8)(H,9,10,11);/q-1;;+1. The summed E-state index contributed by atoms with van der Waals surface area (Å²) >= 11 is 0. The maximum Gasteiger partial charge on any atom is 1.00 e. The molecule has 2 atom stereocenters. The van der Waals surface area contributed by atoms with E-state index in [2.05, 4.69) is 13.8 Å². The number of para-hydroxylation sites is 1. The molecule has 0 spiro atoms. The van der Waals surface area contributed by atoms with Gasteiger partial charge < -0.3 is 21.9 Å². The Morgan fingerprint density at radius 2 is 1.20 bits per heavy atom. The maximum absolute atomic E-state index is 10.2. The molecule has 0 heterocycles. The number of carboxylic acids is 2. The van der Waals surface area contributed by atoms with Gasteiger partial charge in [0.15, 0.2) is 5.25 Å². The van der Waals surface area contributed by atoms with Crippen LogP contribution in [0.1, 0.15) is 129 Å². The van der Waals surface area contributed by atoms with Gasteiger partial charge in [-0.15, -0.1) is 6.42 Å². The molecule has 0 aliphatic carbocycles. The fraction of sp³-hybridized carbons (Fsp3) is 0.710. The first-order chi connectivity index (χ1) is 19.1. The van der Waals surface area contributed by atoms with Crippen LogP contribution in [0.3, 0.4) is 0 Å². The Morgan fingerprint density at radius 1 is 0.780 bits per heavy atom. The SMILES string of the molecule is O=C(O)CC(C(=O)O)S(=O)(=O)O.[CH2-]CC(CCCCCCCCCCCCCCCCCC)Oc1ccccc1.[K+].